The fourth-order valence-corrected chi connectivity index (χ4v) is 8.75. The van der Waals surface area contributed by atoms with E-state index in [4.69, 9.17) is 9.72 Å². The Balaban J connectivity index is 0.813. The summed E-state index contributed by atoms with van der Waals surface area (Å²) in [5.74, 6) is -1.56. The average Bonchev–Trinajstić information content (AvgIpc) is 3.81. The van der Waals surface area contributed by atoms with Crippen LogP contribution in [0.25, 0.3) is 11.3 Å². The van der Waals surface area contributed by atoms with Crippen molar-refractivity contribution in [3.05, 3.63) is 87.8 Å². The summed E-state index contributed by atoms with van der Waals surface area (Å²) < 4.78 is 19.5. The second-order valence-electron chi connectivity index (χ2n) is 15.1. The number of piperidine rings is 1. The van der Waals surface area contributed by atoms with Crippen LogP contribution in [0, 0.1) is 12.8 Å². The van der Waals surface area contributed by atoms with Gasteiger partial charge in [0.25, 0.3) is 11.8 Å². The molecule has 8 rings (SSSR count). The van der Waals surface area contributed by atoms with Gasteiger partial charge in [-0.2, -0.15) is 0 Å². The van der Waals surface area contributed by atoms with E-state index in [2.05, 4.69) is 22.0 Å². The number of alkyl halides is 1. The molecule has 1 saturated heterocycles. The van der Waals surface area contributed by atoms with Crippen LogP contribution >= 0.6 is 11.3 Å². The zero-order valence-corrected chi connectivity index (χ0v) is 33.4. The Morgan fingerprint density at radius 1 is 0.983 bits per heavy atom. The van der Waals surface area contributed by atoms with Crippen LogP contribution in [0.3, 0.4) is 0 Å². The first-order chi connectivity index (χ1) is 28.6. The predicted molar refractivity (Wildman–Crippen MR) is 219 cm³/mol. The molecule has 4 heterocycles. The molecule has 59 heavy (non-hydrogen) atoms. The largest absolute Gasteiger partial charge is 0.492 e. The maximum atomic E-state index is 13.5. The van der Waals surface area contributed by atoms with Crippen molar-refractivity contribution in [2.75, 3.05) is 61.5 Å². The molecular weight excluding hydrogens is 778 g/mol. The van der Waals surface area contributed by atoms with Gasteiger partial charge in [-0.15, -0.1) is 11.3 Å². The summed E-state index contributed by atoms with van der Waals surface area (Å²) in [7, 11) is 0. The van der Waals surface area contributed by atoms with Crippen molar-refractivity contribution in [1.82, 2.24) is 20.1 Å². The standard InChI is InChI=1S/C43H44FN7O7S/c1-25-38(29-10-11-33-28(24-29)14-17-50(33)40(55)27-8-9-27)48-43(59-25)47-36(53)23-26-4-2-5-30(22-26)58-21-20-49(18-15-44)19-16-45-32-7-3-6-31-37(32)42(57)51(41(31)56)34-12-13-35(52)46-39(34)54/h2-7,10-11,22,24,27,34,45H,8-9,12-21,23H2,1H3,(H,46,52,54)(H,47,48,53). The molecule has 2 fully saturated rings. The molecule has 1 aliphatic carbocycles. The molecule has 16 heteroatoms. The van der Waals surface area contributed by atoms with Gasteiger partial charge in [0, 0.05) is 66.9 Å². The maximum absolute atomic E-state index is 13.5. The van der Waals surface area contributed by atoms with Crippen LogP contribution in [0.2, 0.25) is 0 Å². The van der Waals surface area contributed by atoms with Gasteiger partial charge in [-0.05, 0) is 80.1 Å². The number of carbonyl (C=O) groups excluding carboxylic acids is 6. The number of anilines is 3. The van der Waals surface area contributed by atoms with E-state index >= 15 is 0 Å². The van der Waals surface area contributed by atoms with Gasteiger partial charge in [0.15, 0.2) is 5.13 Å². The number of fused-ring (bicyclic) bond motifs is 2. The number of amides is 6. The minimum Gasteiger partial charge on any atom is -0.492 e. The van der Waals surface area contributed by atoms with E-state index in [1.807, 2.05) is 41.0 Å². The van der Waals surface area contributed by atoms with E-state index in [0.29, 0.717) is 42.7 Å². The molecule has 3 N–H and O–H groups in total. The van der Waals surface area contributed by atoms with Gasteiger partial charge >= 0.3 is 0 Å². The molecule has 14 nitrogen and oxygen atoms in total. The zero-order valence-electron chi connectivity index (χ0n) is 32.6. The lowest BCUT2D eigenvalue weighted by molar-refractivity contribution is -0.136. The summed E-state index contributed by atoms with van der Waals surface area (Å²) in [4.78, 5) is 86.9. The number of imide groups is 2. The minimum atomic E-state index is -1.06. The van der Waals surface area contributed by atoms with Crippen LogP contribution < -0.4 is 25.6 Å². The topological polar surface area (TPSA) is 170 Å². The van der Waals surface area contributed by atoms with Crippen LogP contribution in [0.5, 0.6) is 5.75 Å². The molecule has 1 saturated carbocycles. The van der Waals surface area contributed by atoms with Crippen molar-refractivity contribution in [3.63, 3.8) is 0 Å². The molecule has 0 spiro atoms. The van der Waals surface area contributed by atoms with Gasteiger partial charge in [-0.1, -0.05) is 24.3 Å². The highest BCUT2D eigenvalue weighted by atomic mass is 32.1. The number of aromatic nitrogens is 1. The van der Waals surface area contributed by atoms with E-state index in [9.17, 15) is 33.2 Å². The summed E-state index contributed by atoms with van der Waals surface area (Å²) in [6.45, 7) is 3.65. The Kier molecular flexibility index (Phi) is 11.5. The Morgan fingerprint density at radius 3 is 2.61 bits per heavy atom. The van der Waals surface area contributed by atoms with E-state index in [1.165, 1.54) is 17.4 Å². The van der Waals surface area contributed by atoms with E-state index in [1.54, 1.807) is 24.3 Å². The Hall–Kier alpha value is -6.00. The normalized spacial score (nSPS) is 17.3. The quantitative estimate of drug-likeness (QED) is 0.134. The van der Waals surface area contributed by atoms with E-state index in [0.717, 1.165) is 57.1 Å². The van der Waals surface area contributed by atoms with E-state index in [-0.39, 0.29) is 61.3 Å². The van der Waals surface area contributed by atoms with Gasteiger partial charge in [0.1, 0.15) is 25.1 Å². The Morgan fingerprint density at radius 2 is 1.81 bits per heavy atom. The maximum Gasteiger partial charge on any atom is 0.264 e. The van der Waals surface area contributed by atoms with Crippen LogP contribution in [0.4, 0.5) is 20.9 Å². The minimum absolute atomic E-state index is 0.0317. The molecule has 1 atom stereocenters. The highest BCUT2D eigenvalue weighted by Gasteiger charge is 2.45. The molecule has 3 aliphatic heterocycles. The highest BCUT2D eigenvalue weighted by Crippen LogP contribution is 2.39. The third-order valence-corrected chi connectivity index (χ3v) is 11.9. The molecule has 1 unspecified atom stereocenters. The number of benzene rings is 3. The third kappa shape index (κ3) is 8.59. The number of hydrogen-bond donors (Lipinski definition) is 3. The molecule has 1 aromatic heterocycles. The third-order valence-electron chi connectivity index (χ3n) is 11.0. The van der Waals surface area contributed by atoms with E-state index < -0.39 is 36.3 Å². The first-order valence-electron chi connectivity index (χ1n) is 19.9. The lowest BCUT2D eigenvalue weighted by Gasteiger charge is -2.27. The lowest BCUT2D eigenvalue weighted by atomic mass is 10.0. The summed E-state index contributed by atoms with van der Waals surface area (Å²) in [6.07, 6.45) is 2.98. The van der Waals surface area contributed by atoms with Crippen molar-refractivity contribution >= 4 is 63.3 Å². The Labute approximate surface area is 344 Å². The summed E-state index contributed by atoms with van der Waals surface area (Å²) >= 11 is 1.41. The van der Waals surface area contributed by atoms with Gasteiger partial charge in [0.2, 0.25) is 23.6 Å². The average molecular weight is 822 g/mol. The summed E-state index contributed by atoms with van der Waals surface area (Å²) in [5, 5.41) is 8.84. The number of ether oxygens (including phenoxy) is 1. The number of nitrogens with zero attached hydrogens (tertiary/aromatic N) is 4. The SMILES string of the molecule is Cc1sc(NC(=O)Cc2cccc(OCCN(CCF)CCNc3cccc4c3C(=O)N(C3CCC(=O)NC3=O)C4=O)c2)nc1-c1ccc2c(c1)CCN2C(=O)C1CC1. The number of thiazole rings is 1. The number of rotatable bonds is 16. The van der Waals surface area contributed by atoms with Crippen LogP contribution in [-0.4, -0.2) is 102 Å². The van der Waals surface area contributed by atoms with Crippen molar-refractivity contribution < 1.29 is 37.9 Å². The number of nitrogens with one attached hydrogen (secondary N) is 3. The molecule has 3 aromatic carbocycles. The number of hydrogen-bond acceptors (Lipinski definition) is 11. The first-order valence-corrected chi connectivity index (χ1v) is 20.7. The first kappa shape index (κ1) is 39.8. The zero-order chi connectivity index (χ0) is 41.2. The molecule has 306 valence electrons. The van der Waals surface area contributed by atoms with Crippen LogP contribution in [0.1, 0.15) is 62.4 Å². The van der Waals surface area contributed by atoms with Gasteiger partial charge in [0.05, 0.1) is 23.2 Å². The fraction of sp³-hybridized carbons (Fsp3) is 0.372. The monoisotopic (exact) mass is 821 g/mol. The van der Waals surface area contributed by atoms with Crippen molar-refractivity contribution in [2.24, 2.45) is 5.92 Å². The highest BCUT2D eigenvalue weighted by molar-refractivity contribution is 7.16. The smallest absolute Gasteiger partial charge is 0.264 e. The molecule has 4 aromatic rings. The second kappa shape index (κ2) is 17.1. The van der Waals surface area contributed by atoms with Crippen LogP contribution in [-0.2, 0) is 32.0 Å². The second-order valence-corrected chi connectivity index (χ2v) is 16.3. The molecular formula is C43H44FN7O7S. The fourth-order valence-electron chi connectivity index (χ4n) is 7.90. The number of halogens is 1. The summed E-state index contributed by atoms with van der Waals surface area (Å²) in [6, 6.07) is 17.1. The van der Waals surface area contributed by atoms with Gasteiger partial charge < -0.3 is 20.3 Å². The Bertz CT molecular complexity index is 2350. The molecule has 0 radical (unpaired) electrons. The number of carbonyl (C=O) groups is 6. The molecule has 4 aliphatic rings. The molecule has 6 amide bonds. The predicted octanol–water partition coefficient (Wildman–Crippen LogP) is 4.76. The van der Waals surface area contributed by atoms with Gasteiger partial charge in [-0.3, -0.25) is 43.9 Å². The van der Waals surface area contributed by atoms with Gasteiger partial charge in [-0.25, -0.2) is 9.37 Å². The van der Waals surface area contributed by atoms with Crippen molar-refractivity contribution in [1.29, 1.82) is 0 Å². The lowest BCUT2D eigenvalue weighted by Crippen LogP contribution is -2.54. The molecule has 0 bridgehead atoms. The summed E-state index contributed by atoms with van der Waals surface area (Å²) in [5.41, 5.74) is 5.39. The van der Waals surface area contributed by atoms with Crippen LogP contribution in [0.15, 0.2) is 60.7 Å². The van der Waals surface area contributed by atoms with Crippen molar-refractivity contribution in [3.8, 4) is 17.0 Å². The number of aryl methyl sites for hydroxylation is 1. The van der Waals surface area contributed by atoms with Crippen molar-refractivity contribution in [2.45, 2.75) is 51.5 Å².